The van der Waals surface area contributed by atoms with Gasteiger partial charge in [-0.1, -0.05) is 91.0 Å². The quantitative estimate of drug-likeness (QED) is 0.127. The molecule has 9 heteroatoms. The van der Waals surface area contributed by atoms with Crippen LogP contribution in [-0.4, -0.2) is 67.4 Å². The molecule has 3 aromatic carbocycles. The lowest BCUT2D eigenvalue weighted by atomic mass is 9.94. The molecule has 0 saturated carbocycles. The monoisotopic (exact) mass is 642 g/mol. The summed E-state index contributed by atoms with van der Waals surface area (Å²) < 4.78 is 29.6. The van der Waals surface area contributed by atoms with E-state index < -0.39 is 67.1 Å². The van der Waals surface area contributed by atoms with E-state index in [0.717, 1.165) is 11.1 Å². The van der Waals surface area contributed by atoms with E-state index in [-0.39, 0.29) is 5.56 Å². The highest BCUT2D eigenvalue weighted by atomic mass is 16.7. The first kappa shape index (κ1) is 35.3. The van der Waals surface area contributed by atoms with Crippen molar-refractivity contribution in [2.75, 3.05) is 13.7 Å². The molecule has 0 spiro atoms. The molecule has 4 rings (SSSR count). The Bertz CT molecular complexity index is 1440. The molecule has 3 aromatic rings. The van der Waals surface area contributed by atoms with Gasteiger partial charge in [-0.3, -0.25) is 9.59 Å². The second kappa shape index (κ2) is 17.9. The first-order valence-corrected chi connectivity index (χ1v) is 15.6. The van der Waals surface area contributed by atoms with Gasteiger partial charge < -0.3 is 28.8 Å². The Labute approximate surface area is 275 Å². The highest BCUT2D eigenvalue weighted by Crippen LogP contribution is 2.32. The maximum absolute atomic E-state index is 13.9. The standard InChI is InChI=1S/C38H42O9/c1-4-15-29(23-26-17-9-6-10-18-26)36(41)45-32-31(25-39)44-38(43-3)34(47-35(40)28-21-13-8-14-22-28)33(32)46-37(42)30(16-5-2)24-27-19-11-7-12-20-27/h4-14,17-22,29-34,38-39H,1-2,15-16,23-25H2,3H3/t29-,30-,31+,32-,33-,34+,38-/m0/s1. The van der Waals surface area contributed by atoms with Gasteiger partial charge in [0.1, 0.15) is 6.10 Å². The van der Waals surface area contributed by atoms with Crippen LogP contribution in [0.2, 0.25) is 0 Å². The first-order chi connectivity index (χ1) is 22.9. The third-order valence-electron chi connectivity index (χ3n) is 7.98. The van der Waals surface area contributed by atoms with Gasteiger partial charge in [0, 0.05) is 7.11 Å². The first-order valence-electron chi connectivity index (χ1n) is 15.6. The topological polar surface area (TPSA) is 118 Å². The van der Waals surface area contributed by atoms with Gasteiger partial charge in [-0.2, -0.15) is 0 Å². The van der Waals surface area contributed by atoms with Gasteiger partial charge in [0.05, 0.1) is 24.0 Å². The summed E-state index contributed by atoms with van der Waals surface area (Å²) in [6.07, 6.45) is -1.95. The summed E-state index contributed by atoms with van der Waals surface area (Å²) in [5, 5.41) is 10.4. The van der Waals surface area contributed by atoms with E-state index in [9.17, 15) is 19.5 Å². The SMILES string of the molecule is C=CC[C@@H](Cc1ccccc1)C(=O)O[C@H]1[C@@H](OC(=O)[C@@H](CC=C)Cc2ccccc2)[C@@H](CO)O[C@H](OC)[C@@H]1OC(=O)c1ccccc1. The lowest BCUT2D eigenvalue weighted by molar-refractivity contribution is -0.300. The number of aliphatic hydroxyl groups is 1. The average Bonchev–Trinajstić information content (AvgIpc) is 3.10. The number of methoxy groups -OCH3 is 1. The van der Waals surface area contributed by atoms with Gasteiger partial charge in [-0.15, -0.1) is 13.2 Å². The van der Waals surface area contributed by atoms with Crippen LogP contribution in [0, 0.1) is 11.8 Å². The van der Waals surface area contributed by atoms with Crippen molar-refractivity contribution in [1.82, 2.24) is 0 Å². The van der Waals surface area contributed by atoms with Gasteiger partial charge >= 0.3 is 17.9 Å². The van der Waals surface area contributed by atoms with Crippen molar-refractivity contribution in [3.63, 3.8) is 0 Å². The molecular formula is C38H42O9. The van der Waals surface area contributed by atoms with Crippen molar-refractivity contribution in [2.45, 2.75) is 56.4 Å². The molecule has 248 valence electrons. The third-order valence-corrected chi connectivity index (χ3v) is 7.98. The molecule has 1 heterocycles. The fourth-order valence-corrected chi connectivity index (χ4v) is 5.57. The molecule has 47 heavy (non-hydrogen) atoms. The molecule has 1 aliphatic heterocycles. The molecule has 7 atom stereocenters. The summed E-state index contributed by atoms with van der Waals surface area (Å²) in [5.74, 6) is -3.25. The normalized spacial score (nSPS) is 21.9. The molecule has 0 radical (unpaired) electrons. The number of hydrogen-bond donors (Lipinski definition) is 1. The zero-order valence-corrected chi connectivity index (χ0v) is 26.5. The summed E-state index contributed by atoms with van der Waals surface area (Å²) in [7, 11) is 1.34. The molecule has 0 unspecified atom stereocenters. The maximum Gasteiger partial charge on any atom is 0.338 e. The van der Waals surface area contributed by atoms with Crippen molar-refractivity contribution >= 4 is 17.9 Å². The van der Waals surface area contributed by atoms with Crippen molar-refractivity contribution in [2.24, 2.45) is 11.8 Å². The highest BCUT2D eigenvalue weighted by molar-refractivity contribution is 5.89. The van der Waals surface area contributed by atoms with Crippen LogP contribution < -0.4 is 0 Å². The Morgan fingerprint density at radius 3 is 1.64 bits per heavy atom. The van der Waals surface area contributed by atoms with Gasteiger partial charge in [0.15, 0.2) is 24.6 Å². The number of carbonyl (C=O) groups excluding carboxylic acids is 3. The van der Waals surface area contributed by atoms with Crippen LogP contribution in [0.4, 0.5) is 0 Å². The summed E-state index contributed by atoms with van der Waals surface area (Å²) in [4.78, 5) is 41.0. The minimum Gasteiger partial charge on any atom is -0.455 e. The Hall–Kier alpha value is -4.57. The summed E-state index contributed by atoms with van der Waals surface area (Å²) in [6, 6.07) is 27.2. The molecule has 0 amide bonds. The van der Waals surface area contributed by atoms with Crippen LogP contribution in [0.5, 0.6) is 0 Å². The predicted molar refractivity (Wildman–Crippen MR) is 175 cm³/mol. The number of ether oxygens (including phenoxy) is 5. The van der Waals surface area contributed by atoms with Gasteiger partial charge in [0.2, 0.25) is 0 Å². The van der Waals surface area contributed by atoms with Gasteiger partial charge in [0.25, 0.3) is 0 Å². The van der Waals surface area contributed by atoms with E-state index >= 15 is 0 Å². The van der Waals surface area contributed by atoms with Crippen LogP contribution in [0.15, 0.2) is 116 Å². The summed E-state index contributed by atoms with van der Waals surface area (Å²) in [5.41, 5.74) is 2.07. The van der Waals surface area contributed by atoms with Gasteiger partial charge in [-0.05, 0) is 48.9 Å². The van der Waals surface area contributed by atoms with Gasteiger partial charge in [-0.25, -0.2) is 4.79 Å². The number of allylic oxidation sites excluding steroid dienone is 2. The minimum atomic E-state index is -1.39. The number of hydrogen-bond acceptors (Lipinski definition) is 9. The smallest absolute Gasteiger partial charge is 0.338 e. The molecule has 1 aliphatic rings. The van der Waals surface area contributed by atoms with Crippen molar-refractivity contribution < 1.29 is 43.2 Å². The fourth-order valence-electron chi connectivity index (χ4n) is 5.57. The number of carbonyl (C=O) groups is 3. The molecule has 1 N–H and O–H groups in total. The Balaban J connectivity index is 1.68. The zero-order valence-electron chi connectivity index (χ0n) is 26.5. The molecule has 0 aromatic heterocycles. The lowest BCUT2D eigenvalue weighted by Gasteiger charge is -2.44. The van der Waals surface area contributed by atoms with E-state index in [2.05, 4.69) is 13.2 Å². The Morgan fingerprint density at radius 2 is 1.19 bits per heavy atom. The fraction of sp³-hybridized carbons (Fsp3) is 0.342. The van der Waals surface area contributed by atoms with Crippen LogP contribution in [-0.2, 0) is 46.1 Å². The molecular weight excluding hydrogens is 600 g/mol. The second-order valence-corrected chi connectivity index (χ2v) is 11.3. The van der Waals surface area contributed by atoms with Crippen LogP contribution >= 0.6 is 0 Å². The van der Waals surface area contributed by atoms with Crippen molar-refractivity contribution in [1.29, 1.82) is 0 Å². The van der Waals surface area contributed by atoms with E-state index in [0.29, 0.717) is 25.7 Å². The second-order valence-electron chi connectivity index (χ2n) is 11.3. The largest absolute Gasteiger partial charge is 0.455 e. The minimum absolute atomic E-state index is 0.243. The lowest BCUT2D eigenvalue weighted by Crippen LogP contribution is -2.63. The van der Waals surface area contributed by atoms with E-state index in [1.54, 1.807) is 42.5 Å². The zero-order chi connectivity index (χ0) is 33.6. The molecule has 1 fully saturated rings. The molecule has 1 saturated heterocycles. The number of rotatable bonds is 16. The van der Waals surface area contributed by atoms with Crippen molar-refractivity contribution in [3.8, 4) is 0 Å². The third kappa shape index (κ3) is 9.71. The van der Waals surface area contributed by atoms with E-state index in [4.69, 9.17) is 23.7 Å². The highest BCUT2D eigenvalue weighted by Gasteiger charge is 2.53. The van der Waals surface area contributed by atoms with Crippen LogP contribution in [0.1, 0.15) is 34.3 Å². The maximum atomic E-state index is 13.9. The molecule has 0 bridgehead atoms. The number of aliphatic hydroxyl groups excluding tert-OH is 1. The van der Waals surface area contributed by atoms with Crippen molar-refractivity contribution in [3.05, 3.63) is 133 Å². The summed E-state index contributed by atoms with van der Waals surface area (Å²) in [6.45, 7) is 7.01. The van der Waals surface area contributed by atoms with E-state index in [1.807, 2.05) is 60.7 Å². The Morgan fingerprint density at radius 1 is 0.723 bits per heavy atom. The van der Waals surface area contributed by atoms with Crippen LogP contribution in [0.3, 0.4) is 0 Å². The number of benzene rings is 3. The average molecular weight is 643 g/mol. The molecule has 0 aliphatic carbocycles. The number of esters is 3. The van der Waals surface area contributed by atoms with Crippen LogP contribution in [0.25, 0.3) is 0 Å². The van der Waals surface area contributed by atoms with E-state index in [1.165, 1.54) is 7.11 Å². The molecule has 9 nitrogen and oxygen atoms in total. The Kier molecular flexibility index (Phi) is 13.5. The predicted octanol–water partition coefficient (Wildman–Crippen LogP) is 5.27. The summed E-state index contributed by atoms with van der Waals surface area (Å²) >= 11 is 0.